The first-order chi connectivity index (χ1) is 5.38. The Hall–Kier alpha value is -0.630. The number of alkyl halides is 1. The number of hydrogen-bond donors (Lipinski definition) is 0. The van der Waals surface area contributed by atoms with Crippen molar-refractivity contribution in [2.45, 2.75) is 24.1 Å². The van der Waals surface area contributed by atoms with E-state index in [-0.39, 0.29) is 0 Å². The van der Waals surface area contributed by atoms with Crippen LogP contribution in [-0.4, -0.2) is 15.3 Å². The molecule has 1 heterocycles. The second-order valence-corrected chi connectivity index (χ2v) is 3.43. The summed E-state index contributed by atoms with van der Waals surface area (Å²) in [7, 11) is 0. The minimum atomic E-state index is 0.306. The van der Waals surface area contributed by atoms with Gasteiger partial charge in [0.2, 0.25) is 0 Å². The molecule has 2 nitrogen and oxygen atoms in total. The summed E-state index contributed by atoms with van der Waals surface area (Å²) in [5.74, 6) is 0.498. The molecule has 2 atom stereocenters. The molecule has 0 spiro atoms. The van der Waals surface area contributed by atoms with Gasteiger partial charge in [-0.3, -0.25) is 0 Å². The first-order valence-corrected chi connectivity index (χ1v) is 4.20. The van der Waals surface area contributed by atoms with E-state index in [2.05, 4.69) is 9.97 Å². The standard InChI is InChI=1S/C8H9ClN2/c9-8-2-1-7(8)6-3-10-5-11-4-6/h3-5,7-8H,1-2H2. The molecule has 0 bridgehead atoms. The van der Waals surface area contributed by atoms with Crippen molar-refractivity contribution in [2.75, 3.05) is 0 Å². The van der Waals surface area contributed by atoms with Crippen LogP contribution < -0.4 is 0 Å². The Bertz CT molecular complexity index is 237. The molecule has 0 aromatic carbocycles. The zero-order valence-electron chi connectivity index (χ0n) is 6.07. The summed E-state index contributed by atoms with van der Waals surface area (Å²) >= 11 is 5.99. The Morgan fingerprint density at radius 3 is 2.45 bits per heavy atom. The van der Waals surface area contributed by atoms with E-state index in [0.29, 0.717) is 11.3 Å². The van der Waals surface area contributed by atoms with Gasteiger partial charge in [0, 0.05) is 23.7 Å². The molecule has 1 aromatic heterocycles. The van der Waals surface area contributed by atoms with Gasteiger partial charge < -0.3 is 0 Å². The second-order valence-electron chi connectivity index (χ2n) is 2.87. The van der Waals surface area contributed by atoms with Crippen molar-refractivity contribution >= 4 is 11.6 Å². The molecule has 0 amide bonds. The molecule has 0 saturated heterocycles. The van der Waals surface area contributed by atoms with E-state index in [9.17, 15) is 0 Å². The molecule has 0 radical (unpaired) electrons. The zero-order chi connectivity index (χ0) is 7.68. The molecular formula is C8H9ClN2. The predicted octanol–water partition coefficient (Wildman–Crippen LogP) is 1.96. The summed E-state index contributed by atoms with van der Waals surface area (Å²) in [5, 5.41) is 0.306. The summed E-state index contributed by atoms with van der Waals surface area (Å²) in [6.07, 6.45) is 7.56. The molecule has 1 fully saturated rings. The lowest BCUT2D eigenvalue weighted by Crippen LogP contribution is -2.24. The first-order valence-electron chi connectivity index (χ1n) is 3.77. The summed E-state index contributed by atoms with van der Waals surface area (Å²) in [4.78, 5) is 7.90. The van der Waals surface area contributed by atoms with Gasteiger partial charge in [-0.1, -0.05) is 0 Å². The molecule has 11 heavy (non-hydrogen) atoms. The Morgan fingerprint density at radius 1 is 1.27 bits per heavy atom. The van der Waals surface area contributed by atoms with Gasteiger partial charge in [-0.05, 0) is 18.4 Å². The van der Waals surface area contributed by atoms with Gasteiger partial charge in [-0.15, -0.1) is 11.6 Å². The summed E-state index contributed by atoms with van der Waals surface area (Å²) < 4.78 is 0. The largest absolute Gasteiger partial charge is 0.245 e. The SMILES string of the molecule is ClC1CCC1c1cncnc1. The van der Waals surface area contributed by atoms with E-state index in [0.717, 1.165) is 6.42 Å². The smallest absolute Gasteiger partial charge is 0.115 e. The van der Waals surface area contributed by atoms with Crippen molar-refractivity contribution in [3.8, 4) is 0 Å². The fourth-order valence-corrected chi connectivity index (χ4v) is 1.73. The normalized spacial score (nSPS) is 29.5. The van der Waals surface area contributed by atoms with E-state index >= 15 is 0 Å². The quantitative estimate of drug-likeness (QED) is 0.600. The van der Waals surface area contributed by atoms with Crippen molar-refractivity contribution in [1.82, 2.24) is 9.97 Å². The van der Waals surface area contributed by atoms with Crippen LogP contribution in [0.25, 0.3) is 0 Å². The minimum Gasteiger partial charge on any atom is -0.245 e. The van der Waals surface area contributed by atoms with Crippen LogP contribution in [0.1, 0.15) is 24.3 Å². The van der Waals surface area contributed by atoms with Crippen LogP contribution in [0.3, 0.4) is 0 Å². The Labute approximate surface area is 70.6 Å². The molecular weight excluding hydrogens is 160 g/mol. The summed E-state index contributed by atoms with van der Waals surface area (Å²) in [6.45, 7) is 0. The van der Waals surface area contributed by atoms with Crippen LogP contribution in [0.5, 0.6) is 0 Å². The number of nitrogens with zero attached hydrogens (tertiary/aromatic N) is 2. The monoisotopic (exact) mass is 168 g/mol. The van der Waals surface area contributed by atoms with E-state index in [4.69, 9.17) is 11.6 Å². The molecule has 1 saturated carbocycles. The maximum absolute atomic E-state index is 5.99. The predicted molar refractivity (Wildman–Crippen MR) is 43.6 cm³/mol. The number of hydrogen-bond acceptors (Lipinski definition) is 2. The molecule has 58 valence electrons. The van der Waals surface area contributed by atoms with E-state index < -0.39 is 0 Å². The topological polar surface area (TPSA) is 25.8 Å². The summed E-state index contributed by atoms with van der Waals surface area (Å²) in [5.41, 5.74) is 1.18. The summed E-state index contributed by atoms with van der Waals surface area (Å²) in [6, 6.07) is 0. The van der Waals surface area contributed by atoms with E-state index in [1.165, 1.54) is 12.0 Å². The Morgan fingerprint density at radius 2 is 2.00 bits per heavy atom. The van der Waals surface area contributed by atoms with Crippen molar-refractivity contribution in [1.29, 1.82) is 0 Å². The van der Waals surface area contributed by atoms with Crippen LogP contribution in [0.15, 0.2) is 18.7 Å². The van der Waals surface area contributed by atoms with Crippen LogP contribution in [0, 0.1) is 0 Å². The highest BCUT2D eigenvalue weighted by Gasteiger charge is 2.30. The van der Waals surface area contributed by atoms with E-state index in [1.807, 2.05) is 12.4 Å². The van der Waals surface area contributed by atoms with Crippen molar-refractivity contribution in [3.63, 3.8) is 0 Å². The van der Waals surface area contributed by atoms with Crippen molar-refractivity contribution < 1.29 is 0 Å². The van der Waals surface area contributed by atoms with Crippen LogP contribution in [0.2, 0.25) is 0 Å². The van der Waals surface area contributed by atoms with Gasteiger partial charge in [0.15, 0.2) is 0 Å². The maximum Gasteiger partial charge on any atom is 0.115 e. The third-order valence-corrected chi connectivity index (χ3v) is 2.72. The second kappa shape index (κ2) is 2.78. The number of halogens is 1. The third-order valence-electron chi connectivity index (χ3n) is 2.20. The van der Waals surface area contributed by atoms with Gasteiger partial charge in [0.25, 0.3) is 0 Å². The van der Waals surface area contributed by atoms with Crippen molar-refractivity contribution in [3.05, 3.63) is 24.3 Å². The lowest BCUT2D eigenvalue weighted by Gasteiger charge is -2.31. The minimum absolute atomic E-state index is 0.306. The maximum atomic E-state index is 5.99. The van der Waals surface area contributed by atoms with Gasteiger partial charge in [0.1, 0.15) is 6.33 Å². The lowest BCUT2D eigenvalue weighted by molar-refractivity contribution is 0.427. The zero-order valence-corrected chi connectivity index (χ0v) is 6.83. The Kier molecular flexibility index (Phi) is 1.78. The molecule has 2 rings (SSSR count). The van der Waals surface area contributed by atoms with Gasteiger partial charge >= 0.3 is 0 Å². The molecule has 0 aliphatic heterocycles. The molecule has 0 N–H and O–H groups in total. The molecule has 2 unspecified atom stereocenters. The first kappa shape index (κ1) is 7.04. The molecule has 1 aliphatic rings. The molecule has 1 aromatic rings. The number of aromatic nitrogens is 2. The molecule has 3 heteroatoms. The fourth-order valence-electron chi connectivity index (χ4n) is 1.34. The van der Waals surface area contributed by atoms with E-state index in [1.54, 1.807) is 6.33 Å². The fraction of sp³-hybridized carbons (Fsp3) is 0.500. The highest BCUT2D eigenvalue weighted by Crippen LogP contribution is 2.39. The van der Waals surface area contributed by atoms with Crippen LogP contribution in [-0.2, 0) is 0 Å². The highest BCUT2D eigenvalue weighted by atomic mass is 35.5. The third kappa shape index (κ3) is 1.23. The van der Waals surface area contributed by atoms with Gasteiger partial charge in [-0.25, -0.2) is 9.97 Å². The van der Waals surface area contributed by atoms with Gasteiger partial charge in [-0.2, -0.15) is 0 Å². The van der Waals surface area contributed by atoms with Crippen LogP contribution in [0.4, 0.5) is 0 Å². The Balaban J connectivity index is 2.17. The lowest BCUT2D eigenvalue weighted by atomic mass is 9.81. The average molecular weight is 169 g/mol. The van der Waals surface area contributed by atoms with Crippen molar-refractivity contribution in [2.24, 2.45) is 0 Å². The highest BCUT2D eigenvalue weighted by molar-refractivity contribution is 6.21. The number of rotatable bonds is 1. The molecule has 1 aliphatic carbocycles. The average Bonchev–Trinajstić information content (AvgIpc) is 2.04. The van der Waals surface area contributed by atoms with Crippen LogP contribution >= 0.6 is 11.6 Å². The van der Waals surface area contributed by atoms with Gasteiger partial charge in [0.05, 0.1) is 0 Å².